The highest BCUT2D eigenvalue weighted by molar-refractivity contribution is 5.51. The number of rotatable bonds is 7. The highest BCUT2D eigenvalue weighted by Gasteiger charge is 2.20. The molecule has 0 aromatic heterocycles. The number of non-ortho nitro benzene ring substituents is 1. The molecule has 8 heteroatoms. The van der Waals surface area contributed by atoms with Gasteiger partial charge in [0.15, 0.2) is 0 Å². The van der Waals surface area contributed by atoms with Crippen molar-refractivity contribution in [2.75, 3.05) is 19.6 Å². The molecule has 0 bridgehead atoms. The number of quaternary nitrogens is 1. The van der Waals surface area contributed by atoms with Crippen molar-refractivity contribution in [2.45, 2.75) is 27.3 Å². The minimum Gasteiger partial charge on any atom is -0.868 e. The van der Waals surface area contributed by atoms with Crippen LogP contribution in [0.4, 0.5) is 11.4 Å². The number of hydrogen-bond acceptors (Lipinski definition) is 5. The van der Waals surface area contributed by atoms with Crippen LogP contribution in [0.1, 0.15) is 26.3 Å². The van der Waals surface area contributed by atoms with E-state index in [9.17, 15) is 25.3 Å². The lowest BCUT2D eigenvalue weighted by molar-refractivity contribution is -0.936. The van der Waals surface area contributed by atoms with Crippen LogP contribution in [-0.4, -0.2) is 34.0 Å². The summed E-state index contributed by atoms with van der Waals surface area (Å²) in [5.41, 5.74) is 0.207. The van der Waals surface area contributed by atoms with Gasteiger partial charge >= 0.3 is 0 Å². The van der Waals surface area contributed by atoms with E-state index in [4.69, 9.17) is 0 Å². The Morgan fingerprint density at radius 1 is 0.852 bits per heavy atom. The first-order valence-electron chi connectivity index (χ1n) is 8.77. The Hall–Kier alpha value is -3.00. The standard InChI is InChI=1S/C13H22N.C6H4N2O5/c1-4-14(5-2,6-3)12-13-10-8-7-9-11-13;9-6-2-1-4(7(10)11)3-5(6)8(12)13/h7-11H,4-6,12H2,1-3H3;1-3,9H/q+1;/p-1. The fraction of sp³-hybridized carbons (Fsp3) is 0.368. The number of nitrogens with zero attached hydrogens (tertiary/aromatic N) is 3. The molecule has 0 fully saturated rings. The van der Waals surface area contributed by atoms with Gasteiger partial charge in [0.25, 0.3) is 11.4 Å². The highest BCUT2D eigenvalue weighted by atomic mass is 16.6. The predicted molar refractivity (Wildman–Crippen MR) is 101 cm³/mol. The largest absolute Gasteiger partial charge is 0.868 e. The third kappa shape index (κ3) is 6.34. The number of hydrogen-bond donors (Lipinski definition) is 0. The maximum atomic E-state index is 10.8. The molecule has 0 saturated carbocycles. The molecule has 146 valence electrons. The fourth-order valence-electron chi connectivity index (χ4n) is 2.74. The summed E-state index contributed by atoms with van der Waals surface area (Å²) < 4.78 is 1.20. The summed E-state index contributed by atoms with van der Waals surface area (Å²) in [7, 11) is 0. The van der Waals surface area contributed by atoms with E-state index in [-0.39, 0.29) is 0 Å². The second-order valence-electron chi connectivity index (χ2n) is 6.10. The summed E-state index contributed by atoms with van der Waals surface area (Å²) in [5.74, 6) is -0.837. The second-order valence-corrected chi connectivity index (χ2v) is 6.10. The molecule has 2 aromatic carbocycles. The van der Waals surface area contributed by atoms with E-state index in [2.05, 4.69) is 51.1 Å². The van der Waals surface area contributed by atoms with Gasteiger partial charge in [-0.2, -0.15) is 0 Å². The van der Waals surface area contributed by atoms with Gasteiger partial charge in [0.05, 0.1) is 35.5 Å². The summed E-state index contributed by atoms with van der Waals surface area (Å²) >= 11 is 0. The first-order valence-corrected chi connectivity index (χ1v) is 8.77. The van der Waals surface area contributed by atoms with Crippen molar-refractivity contribution in [2.24, 2.45) is 0 Å². The van der Waals surface area contributed by atoms with Crippen molar-refractivity contribution < 1.29 is 19.4 Å². The van der Waals surface area contributed by atoms with Crippen LogP contribution in [0.15, 0.2) is 48.5 Å². The minimum atomic E-state index is -0.949. The molecule has 0 aliphatic rings. The van der Waals surface area contributed by atoms with Crippen LogP contribution in [-0.2, 0) is 6.54 Å². The maximum absolute atomic E-state index is 10.8. The van der Waals surface area contributed by atoms with Crippen LogP contribution in [0.25, 0.3) is 0 Å². The van der Waals surface area contributed by atoms with Gasteiger partial charge in [-0.15, -0.1) is 0 Å². The highest BCUT2D eigenvalue weighted by Crippen LogP contribution is 2.27. The molecule has 0 aliphatic heterocycles. The van der Waals surface area contributed by atoms with Gasteiger partial charge in [-0.25, -0.2) is 0 Å². The van der Waals surface area contributed by atoms with Gasteiger partial charge < -0.3 is 9.59 Å². The van der Waals surface area contributed by atoms with Crippen molar-refractivity contribution in [3.05, 3.63) is 74.3 Å². The monoisotopic (exact) mass is 375 g/mol. The van der Waals surface area contributed by atoms with Gasteiger partial charge in [-0.1, -0.05) is 36.4 Å². The Kier molecular flexibility index (Phi) is 8.34. The maximum Gasteiger partial charge on any atom is 0.276 e. The summed E-state index contributed by atoms with van der Waals surface area (Å²) in [6.45, 7) is 11.7. The summed E-state index contributed by atoms with van der Waals surface area (Å²) in [4.78, 5) is 18.6. The lowest BCUT2D eigenvalue weighted by atomic mass is 10.2. The molecule has 0 N–H and O–H groups in total. The van der Waals surface area contributed by atoms with Crippen LogP contribution in [0, 0.1) is 20.2 Å². The molecule has 0 heterocycles. The summed E-state index contributed by atoms with van der Waals surface area (Å²) in [6.07, 6.45) is 0. The van der Waals surface area contributed by atoms with E-state index in [1.54, 1.807) is 0 Å². The summed E-state index contributed by atoms with van der Waals surface area (Å²) in [5, 5.41) is 31.1. The average molecular weight is 375 g/mol. The third-order valence-electron chi connectivity index (χ3n) is 4.72. The third-order valence-corrected chi connectivity index (χ3v) is 4.72. The molecule has 2 aromatic rings. The predicted octanol–water partition coefficient (Wildman–Crippen LogP) is 3.64. The quantitative estimate of drug-likeness (QED) is 0.417. The molecule has 0 atom stereocenters. The number of nitro groups is 2. The molecule has 2 rings (SSSR count). The van der Waals surface area contributed by atoms with E-state index in [0.717, 1.165) is 12.1 Å². The van der Waals surface area contributed by atoms with E-state index in [0.29, 0.717) is 6.07 Å². The van der Waals surface area contributed by atoms with Crippen LogP contribution in [0.3, 0.4) is 0 Å². The Labute approximate surface area is 158 Å². The van der Waals surface area contributed by atoms with Crippen molar-refractivity contribution in [1.82, 2.24) is 0 Å². The van der Waals surface area contributed by atoms with Crippen LogP contribution in [0.2, 0.25) is 0 Å². The number of nitro benzene ring substituents is 2. The Bertz CT molecular complexity index is 753. The minimum absolute atomic E-state index is 0.466. The van der Waals surface area contributed by atoms with Crippen molar-refractivity contribution >= 4 is 11.4 Å². The zero-order valence-corrected chi connectivity index (χ0v) is 15.8. The van der Waals surface area contributed by atoms with Crippen molar-refractivity contribution in [3.63, 3.8) is 0 Å². The molecule has 0 saturated heterocycles. The van der Waals surface area contributed by atoms with Gasteiger partial charge in [-0.3, -0.25) is 20.2 Å². The van der Waals surface area contributed by atoms with Crippen molar-refractivity contribution in [1.29, 1.82) is 0 Å². The smallest absolute Gasteiger partial charge is 0.276 e. The molecule has 0 radical (unpaired) electrons. The molecule has 8 nitrogen and oxygen atoms in total. The first kappa shape index (κ1) is 22.0. The zero-order valence-electron chi connectivity index (χ0n) is 15.8. The van der Waals surface area contributed by atoms with Crippen LogP contribution >= 0.6 is 0 Å². The first-order chi connectivity index (χ1) is 12.8. The Balaban J connectivity index is 0.000000271. The van der Waals surface area contributed by atoms with E-state index < -0.39 is 27.0 Å². The van der Waals surface area contributed by atoms with Crippen molar-refractivity contribution in [3.8, 4) is 5.75 Å². The molecule has 0 unspecified atom stereocenters. The van der Waals surface area contributed by atoms with E-state index >= 15 is 0 Å². The SMILES string of the molecule is CC[N+](CC)(CC)Cc1ccccc1.O=[N+]([O-])c1ccc([O-])c([N+](=O)[O-])c1. The number of benzene rings is 2. The summed E-state index contributed by atoms with van der Waals surface area (Å²) in [6, 6.07) is 13.2. The fourth-order valence-corrected chi connectivity index (χ4v) is 2.74. The average Bonchev–Trinajstić information content (AvgIpc) is 2.67. The lowest BCUT2D eigenvalue weighted by Crippen LogP contribution is -2.46. The van der Waals surface area contributed by atoms with E-state index in [1.807, 2.05) is 0 Å². The topological polar surface area (TPSA) is 109 Å². The van der Waals surface area contributed by atoms with Gasteiger partial charge in [0.2, 0.25) is 0 Å². The second kappa shape index (κ2) is 10.2. The van der Waals surface area contributed by atoms with Gasteiger partial charge in [-0.05, 0) is 26.5 Å². The van der Waals surface area contributed by atoms with Crippen LogP contribution < -0.4 is 5.11 Å². The van der Waals surface area contributed by atoms with Crippen LogP contribution in [0.5, 0.6) is 5.75 Å². The lowest BCUT2D eigenvalue weighted by Gasteiger charge is -2.35. The molecular weight excluding hydrogens is 350 g/mol. The van der Waals surface area contributed by atoms with Gasteiger partial charge in [0, 0.05) is 11.6 Å². The molecule has 0 amide bonds. The molecular formula is C19H25N3O5. The molecule has 27 heavy (non-hydrogen) atoms. The molecule has 0 spiro atoms. The zero-order chi connectivity index (χ0) is 20.4. The normalized spacial score (nSPS) is 10.6. The van der Waals surface area contributed by atoms with Gasteiger partial charge in [0.1, 0.15) is 6.54 Å². The van der Waals surface area contributed by atoms with E-state index in [1.165, 1.54) is 36.2 Å². The Morgan fingerprint density at radius 3 is 1.85 bits per heavy atom. The molecule has 0 aliphatic carbocycles. The Morgan fingerprint density at radius 2 is 1.41 bits per heavy atom.